The molecular formula is C38H62N12O6. The maximum atomic E-state index is 13.6. The van der Waals surface area contributed by atoms with Crippen LogP contribution in [-0.2, 0) is 19.2 Å². The lowest BCUT2D eigenvalue weighted by molar-refractivity contribution is -0.142. The largest absolute Gasteiger partial charge is 0.484 e. The molecule has 0 unspecified atom stereocenters. The number of carboxylic acid groups (broad SMARTS) is 1. The molecule has 0 aliphatic rings. The van der Waals surface area contributed by atoms with E-state index in [0.29, 0.717) is 12.2 Å². The van der Waals surface area contributed by atoms with Crippen LogP contribution in [0, 0.1) is 21.6 Å². The van der Waals surface area contributed by atoms with Crippen LogP contribution >= 0.6 is 0 Å². The fraction of sp³-hybridized carbons (Fsp3) is 0.500. The minimum Gasteiger partial charge on any atom is -0.484 e. The molecule has 3 amide bonds. The van der Waals surface area contributed by atoms with Gasteiger partial charge in [0.2, 0.25) is 11.8 Å². The molecule has 1 aromatic rings. The van der Waals surface area contributed by atoms with E-state index in [1.807, 2.05) is 24.3 Å². The molecule has 0 radical (unpaired) electrons. The van der Waals surface area contributed by atoms with Gasteiger partial charge in [0.15, 0.2) is 24.5 Å². The van der Waals surface area contributed by atoms with Gasteiger partial charge < -0.3 is 58.9 Å². The lowest BCUT2D eigenvalue weighted by Crippen LogP contribution is -2.56. The van der Waals surface area contributed by atoms with Crippen molar-refractivity contribution in [2.24, 2.45) is 22.6 Å². The summed E-state index contributed by atoms with van der Waals surface area (Å²) in [7, 11) is 0. The number of carbonyl (C=O) groups is 4. The highest BCUT2D eigenvalue weighted by Gasteiger charge is 2.29. The molecule has 0 spiro atoms. The summed E-state index contributed by atoms with van der Waals surface area (Å²) in [5.74, 6) is -3.76. The summed E-state index contributed by atoms with van der Waals surface area (Å²) in [5.41, 5.74) is 18.0. The van der Waals surface area contributed by atoms with Crippen molar-refractivity contribution in [2.75, 3.05) is 26.2 Å². The number of carboxylic acids is 1. The second-order valence-corrected chi connectivity index (χ2v) is 13.7. The van der Waals surface area contributed by atoms with Crippen LogP contribution in [0.4, 0.5) is 0 Å². The molecule has 0 aliphatic heterocycles. The Morgan fingerprint density at radius 3 is 1.71 bits per heavy atom. The van der Waals surface area contributed by atoms with Crippen molar-refractivity contribution in [1.82, 2.24) is 31.9 Å². The van der Waals surface area contributed by atoms with E-state index in [2.05, 4.69) is 71.4 Å². The van der Waals surface area contributed by atoms with Gasteiger partial charge in [0, 0.05) is 25.0 Å². The fourth-order valence-corrected chi connectivity index (χ4v) is 5.20. The van der Waals surface area contributed by atoms with E-state index in [4.69, 9.17) is 38.2 Å². The highest BCUT2D eigenvalue weighted by molar-refractivity contribution is 5.93. The standard InChI is InChI=1S/C38H62N12O6/c1-5-38(4,19-6-10-25(2)3)20-18-26-14-16-27(17-15-26)56-24-31(51)48-28(11-7-21-45-35(39)40)32(52)49-29(12-8-22-46-36(41)42)33(53)50-30(34(54)55)13-9-23-47-37(43)44/h5,10,14-18,20,28-30H,1,6-9,11-13,19,21-24H2,2-4H3,(H,48,51)(H,49,52)(H,50,53)(H,54,55)(H4,39,40,45)(H4,41,42,46)(H4,43,44,47)/b20-18+/t28-,29-,30-,38-/m0/s1. The Hall–Kier alpha value is -6.07. The van der Waals surface area contributed by atoms with E-state index in [1.54, 1.807) is 12.1 Å². The average molecular weight is 783 g/mol. The fourth-order valence-electron chi connectivity index (χ4n) is 5.20. The van der Waals surface area contributed by atoms with Crippen molar-refractivity contribution < 1.29 is 29.0 Å². The van der Waals surface area contributed by atoms with Gasteiger partial charge in [-0.3, -0.25) is 30.6 Å². The van der Waals surface area contributed by atoms with Crippen LogP contribution in [0.25, 0.3) is 6.08 Å². The third-order valence-corrected chi connectivity index (χ3v) is 8.46. The van der Waals surface area contributed by atoms with Gasteiger partial charge in [-0.15, -0.1) is 6.58 Å². The molecule has 4 atom stereocenters. The molecule has 18 nitrogen and oxygen atoms in total. The van der Waals surface area contributed by atoms with E-state index >= 15 is 0 Å². The number of allylic oxidation sites excluding steroid dienone is 4. The second kappa shape index (κ2) is 25.9. The van der Waals surface area contributed by atoms with Crippen molar-refractivity contribution in [1.29, 1.82) is 16.2 Å². The number of aliphatic carboxylic acids is 1. The summed E-state index contributed by atoms with van der Waals surface area (Å²) in [5, 5.41) is 47.3. The zero-order valence-electron chi connectivity index (χ0n) is 32.8. The van der Waals surface area contributed by atoms with Gasteiger partial charge in [0.1, 0.15) is 23.9 Å². The summed E-state index contributed by atoms with van der Waals surface area (Å²) >= 11 is 0. The van der Waals surface area contributed by atoms with Crippen LogP contribution in [0.3, 0.4) is 0 Å². The molecule has 1 rings (SSSR count). The Balaban J connectivity index is 3.04. The number of nitrogens with one attached hydrogen (secondary N) is 9. The molecule has 0 heterocycles. The van der Waals surface area contributed by atoms with Crippen molar-refractivity contribution in [3.8, 4) is 5.75 Å². The van der Waals surface area contributed by atoms with Gasteiger partial charge in [-0.05, 0) is 82.9 Å². The van der Waals surface area contributed by atoms with E-state index in [9.17, 15) is 24.3 Å². The van der Waals surface area contributed by atoms with Crippen molar-refractivity contribution in [3.63, 3.8) is 0 Å². The molecule has 56 heavy (non-hydrogen) atoms. The maximum Gasteiger partial charge on any atom is 0.326 e. The molecule has 0 bridgehead atoms. The lowest BCUT2D eigenvalue weighted by atomic mass is 9.84. The molecule has 0 aromatic heterocycles. The summed E-state index contributed by atoms with van der Waals surface area (Å²) in [6.45, 7) is 10.5. The number of rotatable bonds is 27. The molecule has 0 aliphatic carbocycles. The minimum absolute atomic E-state index is 0.0147. The van der Waals surface area contributed by atoms with E-state index < -0.39 is 48.4 Å². The van der Waals surface area contributed by atoms with Gasteiger partial charge in [-0.2, -0.15) is 0 Å². The highest BCUT2D eigenvalue weighted by Crippen LogP contribution is 2.28. The van der Waals surface area contributed by atoms with Crippen molar-refractivity contribution in [2.45, 2.75) is 90.3 Å². The number of guanidine groups is 3. The number of hydrogen-bond acceptors (Lipinski definition) is 8. The third kappa shape index (κ3) is 21.6. The Kier molecular flexibility index (Phi) is 22.1. The maximum absolute atomic E-state index is 13.6. The highest BCUT2D eigenvalue weighted by atomic mass is 16.5. The summed E-state index contributed by atoms with van der Waals surface area (Å²) in [6, 6.07) is 3.52. The number of carbonyl (C=O) groups excluding carboxylic acids is 3. The average Bonchev–Trinajstić information content (AvgIpc) is 3.13. The van der Waals surface area contributed by atoms with Crippen molar-refractivity contribution >= 4 is 47.6 Å². The third-order valence-electron chi connectivity index (χ3n) is 8.46. The number of amides is 3. The van der Waals surface area contributed by atoms with Crippen LogP contribution in [0.2, 0.25) is 0 Å². The monoisotopic (exact) mass is 782 g/mol. The lowest BCUT2D eigenvalue weighted by Gasteiger charge is -2.25. The topological polar surface area (TPSA) is 320 Å². The van der Waals surface area contributed by atoms with Gasteiger partial charge in [-0.1, -0.05) is 48.9 Å². The first-order valence-electron chi connectivity index (χ1n) is 18.5. The van der Waals surface area contributed by atoms with Crippen molar-refractivity contribution in [3.05, 3.63) is 60.2 Å². The zero-order valence-corrected chi connectivity index (χ0v) is 32.8. The molecule has 0 saturated carbocycles. The summed E-state index contributed by atoms with van der Waals surface area (Å²) in [4.78, 5) is 52.0. The second-order valence-electron chi connectivity index (χ2n) is 13.7. The molecule has 0 fully saturated rings. The first-order valence-corrected chi connectivity index (χ1v) is 18.5. The van der Waals surface area contributed by atoms with E-state index in [-0.39, 0.29) is 75.0 Å². The molecular weight excluding hydrogens is 720 g/mol. The Bertz CT molecular complexity index is 1540. The number of ether oxygens (including phenoxy) is 1. The first kappa shape index (κ1) is 48.0. The smallest absolute Gasteiger partial charge is 0.326 e. The van der Waals surface area contributed by atoms with E-state index in [0.717, 1.165) is 18.4 Å². The molecule has 0 saturated heterocycles. The van der Waals surface area contributed by atoms with Gasteiger partial charge in [-0.25, -0.2) is 4.79 Å². The Morgan fingerprint density at radius 2 is 1.27 bits per heavy atom. The van der Waals surface area contributed by atoms with Gasteiger partial charge in [0.25, 0.3) is 5.91 Å². The first-order chi connectivity index (χ1) is 26.4. The van der Waals surface area contributed by atoms with Crippen LogP contribution in [-0.4, -0.2) is 91.0 Å². The summed E-state index contributed by atoms with van der Waals surface area (Å²) in [6.07, 6.45) is 11.1. The molecule has 1 aromatic carbocycles. The summed E-state index contributed by atoms with van der Waals surface area (Å²) < 4.78 is 5.70. The molecule has 310 valence electrons. The zero-order chi connectivity index (χ0) is 42.1. The number of hydrogen-bond donors (Lipinski definition) is 13. The minimum atomic E-state index is -1.30. The van der Waals surface area contributed by atoms with Crippen LogP contribution in [0.5, 0.6) is 5.75 Å². The molecule has 16 N–H and O–H groups in total. The Labute approximate surface area is 329 Å². The number of benzene rings is 1. The quantitative estimate of drug-likeness (QED) is 0.0260. The predicted molar refractivity (Wildman–Crippen MR) is 219 cm³/mol. The van der Waals surface area contributed by atoms with Crippen LogP contribution in [0.15, 0.2) is 54.6 Å². The van der Waals surface area contributed by atoms with Gasteiger partial charge >= 0.3 is 5.97 Å². The normalized spacial score (nSPS) is 13.4. The SMILES string of the molecule is C=C[C@](C)(/C=C/c1ccc(OCC(=O)N[C@@H](CCCNC(=N)N)C(=O)N[C@@H](CCCNC(=N)N)C(=O)N[C@@H](CCCNC(=N)N)C(=O)O)cc1)CCC=C(C)C. The predicted octanol–water partition coefficient (Wildman–Crippen LogP) is 1.35. The van der Waals surface area contributed by atoms with Crippen LogP contribution in [0.1, 0.15) is 77.7 Å². The molecule has 18 heteroatoms. The Morgan fingerprint density at radius 1 is 0.804 bits per heavy atom. The van der Waals surface area contributed by atoms with Crippen LogP contribution < -0.4 is 53.8 Å². The van der Waals surface area contributed by atoms with E-state index in [1.165, 1.54) is 5.57 Å². The number of nitrogens with two attached hydrogens (primary N) is 3. The van der Waals surface area contributed by atoms with Gasteiger partial charge in [0.05, 0.1) is 0 Å².